The maximum absolute atomic E-state index is 12.2. The van der Waals surface area contributed by atoms with Crippen molar-refractivity contribution >= 4 is 6.03 Å². The molecular weight excluding hydrogens is 292 g/mol. The molecule has 6 nitrogen and oxygen atoms in total. The third-order valence-corrected chi connectivity index (χ3v) is 5.37. The van der Waals surface area contributed by atoms with Gasteiger partial charge in [0.05, 0.1) is 6.10 Å². The summed E-state index contributed by atoms with van der Waals surface area (Å²) in [4.78, 5) is 18.4. The fourth-order valence-electron chi connectivity index (χ4n) is 3.61. The second-order valence-electron chi connectivity index (χ2n) is 7.81. The van der Waals surface area contributed by atoms with Gasteiger partial charge in [-0.2, -0.15) is 0 Å². The third kappa shape index (κ3) is 5.94. The topological polar surface area (TPSA) is 59.1 Å². The van der Waals surface area contributed by atoms with Crippen LogP contribution in [0.4, 0.5) is 4.79 Å². The van der Waals surface area contributed by atoms with Crippen LogP contribution in [-0.4, -0.2) is 91.8 Å². The van der Waals surface area contributed by atoms with Crippen molar-refractivity contribution in [1.82, 2.24) is 20.0 Å². The predicted octanol–water partition coefficient (Wildman–Crippen LogP) is 0.816. The first-order valence-electron chi connectivity index (χ1n) is 8.96. The lowest BCUT2D eigenvalue weighted by Gasteiger charge is -2.34. The van der Waals surface area contributed by atoms with Crippen molar-refractivity contribution < 1.29 is 9.90 Å². The molecule has 2 amide bonds. The van der Waals surface area contributed by atoms with Crippen LogP contribution in [0.1, 0.15) is 32.6 Å². The molecule has 2 aliphatic rings. The third-order valence-electron chi connectivity index (χ3n) is 5.37. The largest absolute Gasteiger partial charge is 0.390 e. The number of aliphatic hydroxyl groups excluding tert-OH is 1. The summed E-state index contributed by atoms with van der Waals surface area (Å²) in [6.45, 7) is 8.08. The number of nitrogens with one attached hydrogen (secondary N) is 1. The van der Waals surface area contributed by atoms with Gasteiger partial charge >= 0.3 is 6.03 Å². The molecule has 0 bridgehead atoms. The lowest BCUT2D eigenvalue weighted by molar-refractivity contribution is 0.0655. The maximum atomic E-state index is 12.2. The van der Waals surface area contributed by atoms with Crippen molar-refractivity contribution in [1.29, 1.82) is 0 Å². The van der Waals surface area contributed by atoms with E-state index in [2.05, 4.69) is 29.1 Å². The van der Waals surface area contributed by atoms with E-state index in [1.54, 1.807) is 11.9 Å². The Bertz CT molecular complexity index is 377. The summed E-state index contributed by atoms with van der Waals surface area (Å²) in [5, 5.41) is 13.3. The standard InChI is InChI=1S/C17H34N4O2/c1-17(6-4-5-7-17)14-18-16(23)20(3)12-15(22)13-21-10-8-19(2)9-11-21/h15,22H,4-14H2,1-3H3,(H,18,23). The molecule has 134 valence electrons. The van der Waals surface area contributed by atoms with Gasteiger partial charge in [0, 0.05) is 52.9 Å². The number of carbonyl (C=O) groups is 1. The van der Waals surface area contributed by atoms with Gasteiger partial charge in [-0.1, -0.05) is 19.8 Å². The highest BCUT2D eigenvalue weighted by Gasteiger charge is 2.29. The Kier molecular flexibility index (Phi) is 6.68. The van der Waals surface area contributed by atoms with Crippen LogP contribution in [-0.2, 0) is 0 Å². The van der Waals surface area contributed by atoms with Gasteiger partial charge in [-0.25, -0.2) is 4.79 Å². The highest BCUT2D eigenvalue weighted by molar-refractivity contribution is 5.73. The molecule has 1 aliphatic heterocycles. The number of carbonyl (C=O) groups excluding carboxylic acids is 1. The molecule has 1 unspecified atom stereocenters. The summed E-state index contributed by atoms with van der Waals surface area (Å²) >= 11 is 0. The number of aliphatic hydroxyl groups is 1. The molecule has 1 atom stereocenters. The van der Waals surface area contributed by atoms with Crippen molar-refractivity contribution in [3.8, 4) is 0 Å². The van der Waals surface area contributed by atoms with E-state index in [1.807, 2.05) is 0 Å². The van der Waals surface area contributed by atoms with Gasteiger partial charge in [-0.15, -0.1) is 0 Å². The number of urea groups is 1. The SMILES string of the molecule is CN1CCN(CC(O)CN(C)C(=O)NCC2(C)CCCC2)CC1. The van der Waals surface area contributed by atoms with Crippen molar-refractivity contribution in [3.05, 3.63) is 0 Å². The Morgan fingerprint density at radius 2 is 1.87 bits per heavy atom. The van der Waals surface area contributed by atoms with Gasteiger partial charge < -0.3 is 20.2 Å². The Morgan fingerprint density at radius 1 is 1.26 bits per heavy atom. The van der Waals surface area contributed by atoms with Gasteiger partial charge in [-0.05, 0) is 25.3 Å². The molecular formula is C17H34N4O2. The number of rotatable bonds is 6. The normalized spacial score (nSPS) is 23.7. The second-order valence-corrected chi connectivity index (χ2v) is 7.81. The fourth-order valence-corrected chi connectivity index (χ4v) is 3.61. The molecule has 2 rings (SSSR count). The second kappa shape index (κ2) is 8.31. The minimum absolute atomic E-state index is 0.0736. The Hall–Kier alpha value is -0.850. The zero-order chi connectivity index (χ0) is 16.9. The van der Waals surface area contributed by atoms with Gasteiger partial charge in [0.15, 0.2) is 0 Å². The molecule has 1 saturated heterocycles. The number of nitrogens with zero attached hydrogens (tertiary/aromatic N) is 3. The molecule has 23 heavy (non-hydrogen) atoms. The molecule has 2 N–H and O–H groups in total. The first-order chi connectivity index (χ1) is 10.9. The van der Waals surface area contributed by atoms with Crippen LogP contribution in [0.25, 0.3) is 0 Å². The van der Waals surface area contributed by atoms with Gasteiger partial charge in [0.25, 0.3) is 0 Å². The molecule has 1 aliphatic carbocycles. The Morgan fingerprint density at radius 3 is 2.48 bits per heavy atom. The van der Waals surface area contributed by atoms with E-state index in [4.69, 9.17) is 0 Å². The maximum Gasteiger partial charge on any atom is 0.317 e. The Balaban J connectivity index is 1.66. The molecule has 0 aromatic carbocycles. The number of hydrogen-bond acceptors (Lipinski definition) is 4. The summed E-state index contributed by atoms with van der Waals surface area (Å²) in [7, 11) is 3.89. The quantitative estimate of drug-likeness (QED) is 0.759. The van der Waals surface area contributed by atoms with Gasteiger partial charge in [0.2, 0.25) is 0 Å². The number of piperazine rings is 1. The number of likely N-dealkylation sites (N-methyl/N-ethyl adjacent to an activating group) is 2. The summed E-state index contributed by atoms with van der Waals surface area (Å²) in [5.41, 5.74) is 0.259. The molecule has 0 aromatic rings. The van der Waals surface area contributed by atoms with Crippen molar-refractivity contribution in [2.24, 2.45) is 5.41 Å². The minimum atomic E-state index is -0.490. The summed E-state index contributed by atoms with van der Waals surface area (Å²) in [5.74, 6) is 0. The first-order valence-corrected chi connectivity index (χ1v) is 8.96. The fraction of sp³-hybridized carbons (Fsp3) is 0.941. The monoisotopic (exact) mass is 326 g/mol. The number of amides is 2. The average Bonchev–Trinajstić information content (AvgIpc) is 2.94. The molecule has 1 heterocycles. The molecule has 1 saturated carbocycles. The van der Waals surface area contributed by atoms with Crippen LogP contribution in [0.5, 0.6) is 0 Å². The molecule has 2 fully saturated rings. The summed E-state index contributed by atoms with van der Waals surface area (Å²) in [6, 6.07) is -0.0736. The lowest BCUT2D eigenvalue weighted by Crippen LogP contribution is -2.50. The van der Waals surface area contributed by atoms with Crippen molar-refractivity contribution in [3.63, 3.8) is 0 Å². The van der Waals surface area contributed by atoms with Crippen LogP contribution in [0.2, 0.25) is 0 Å². The van der Waals surface area contributed by atoms with Crippen LogP contribution < -0.4 is 5.32 Å². The number of β-amino-alcohol motifs (C(OH)–C–C–N with tert-alkyl or cyclic N) is 1. The first kappa shape index (κ1) is 18.5. The molecule has 0 radical (unpaired) electrons. The molecule has 6 heteroatoms. The van der Waals surface area contributed by atoms with E-state index < -0.39 is 6.10 Å². The zero-order valence-corrected chi connectivity index (χ0v) is 15.1. The van der Waals surface area contributed by atoms with Gasteiger partial charge in [0.1, 0.15) is 0 Å². The predicted molar refractivity (Wildman–Crippen MR) is 92.5 cm³/mol. The Labute approximate surface area is 140 Å². The van der Waals surface area contributed by atoms with E-state index in [0.717, 1.165) is 32.7 Å². The number of hydrogen-bond donors (Lipinski definition) is 2. The van der Waals surface area contributed by atoms with Crippen molar-refractivity contribution in [2.75, 3.05) is 59.9 Å². The van der Waals surface area contributed by atoms with Gasteiger partial charge in [-0.3, -0.25) is 4.90 Å². The average molecular weight is 326 g/mol. The summed E-state index contributed by atoms with van der Waals surface area (Å²) in [6.07, 6.45) is 4.44. The minimum Gasteiger partial charge on any atom is -0.390 e. The van der Waals surface area contributed by atoms with Crippen LogP contribution in [0, 0.1) is 5.41 Å². The van der Waals surface area contributed by atoms with E-state index in [9.17, 15) is 9.90 Å². The highest BCUT2D eigenvalue weighted by Crippen LogP contribution is 2.36. The van der Waals surface area contributed by atoms with Crippen LogP contribution in [0.15, 0.2) is 0 Å². The highest BCUT2D eigenvalue weighted by atomic mass is 16.3. The van der Waals surface area contributed by atoms with E-state index in [-0.39, 0.29) is 11.4 Å². The van der Waals surface area contributed by atoms with Crippen molar-refractivity contribution in [2.45, 2.75) is 38.7 Å². The molecule has 0 aromatic heterocycles. The lowest BCUT2D eigenvalue weighted by atomic mass is 9.89. The van der Waals surface area contributed by atoms with E-state index >= 15 is 0 Å². The zero-order valence-electron chi connectivity index (χ0n) is 15.1. The summed E-state index contributed by atoms with van der Waals surface area (Å²) < 4.78 is 0. The van der Waals surface area contributed by atoms with Crippen LogP contribution in [0.3, 0.4) is 0 Å². The van der Waals surface area contributed by atoms with Crippen LogP contribution >= 0.6 is 0 Å². The smallest absolute Gasteiger partial charge is 0.317 e. The molecule has 0 spiro atoms. The van der Waals surface area contributed by atoms with E-state index in [0.29, 0.717) is 13.1 Å². The van der Waals surface area contributed by atoms with E-state index in [1.165, 1.54) is 25.7 Å².